The summed E-state index contributed by atoms with van der Waals surface area (Å²) in [6, 6.07) is 0. The Kier molecular flexibility index (Phi) is 4.48. The normalized spacial score (nSPS) is 31.4. The van der Waals surface area contributed by atoms with Gasteiger partial charge in [0.1, 0.15) is 0 Å². The van der Waals surface area contributed by atoms with Crippen LogP contribution in [-0.2, 0) is 0 Å². The first-order valence-corrected chi connectivity index (χ1v) is 7.47. The summed E-state index contributed by atoms with van der Waals surface area (Å²) in [5.74, 6) is 3.53. The van der Waals surface area contributed by atoms with Crippen molar-refractivity contribution in [1.29, 1.82) is 0 Å². The number of piperidine rings is 2. The first-order valence-electron chi connectivity index (χ1n) is 7.47. The third-order valence-electron chi connectivity index (χ3n) is 3.98. The fourth-order valence-corrected chi connectivity index (χ4v) is 3.83. The number of likely N-dealkylation sites (tertiary alicyclic amines) is 2. The van der Waals surface area contributed by atoms with Crippen LogP contribution in [-0.4, -0.2) is 49.1 Å². The van der Waals surface area contributed by atoms with Crippen molar-refractivity contribution in [3.8, 4) is 0 Å². The summed E-state index contributed by atoms with van der Waals surface area (Å²) < 4.78 is 0. The van der Waals surface area contributed by atoms with Gasteiger partial charge in [0.25, 0.3) is 0 Å². The zero-order chi connectivity index (χ0) is 12.4. The van der Waals surface area contributed by atoms with Gasteiger partial charge >= 0.3 is 0 Å². The number of nitrogens with zero attached hydrogens (tertiary/aromatic N) is 2. The molecule has 2 saturated heterocycles. The molecule has 0 N–H and O–H groups in total. The second kappa shape index (κ2) is 5.71. The van der Waals surface area contributed by atoms with Crippen molar-refractivity contribution in [2.24, 2.45) is 23.7 Å². The van der Waals surface area contributed by atoms with Crippen LogP contribution in [0.1, 0.15) is 34.1 Å². The number of fused-ring (bicyclic) bond motifs is 2. The number of rotatable bonds is 4. The van der Waals surface area contributed by atoms with Gasteiger partial charge in [-0.05, 0) is 30.1 Å². The van der Waals surface area contributed by atoms with Crippen LogP contribution in [0.25, 0.3) is 0 Å². The van der Waals surface area contributed by atoms with Crippen LogP contribution in [0.4, 0.5) is 0 Å². The molecule has 2 aliphatic heterocycles. The van der Waals surface area contributed by atoms with E-state index in [1.54, 1.807) is 0 Å². The molecule has 2 rings (SSSR count). The molecule has 2 bridgehead atoms. The van der Waals surface area contributed by atoms with Crippen LogP contribution < -0.4 is 0 Å². The molecule has 0 atom stereocenters. The topological polar surface area (TPSA) is 6.48 Å². The molecular weight excluding hydrogens is 208 g/mol. The molecule has 0 amide bonds. The Balaban J connectivity index is 1.84. The molecule has 100 valence electrons. The average Bonchev–Trinajstić information content (AvgIpc) is 2.12. The van der Waals surface area contributed by atoms with Crippen LogP contribution in [0.2, 0.25) is 0 Å². The maximum absolute atomic E-state index is 2.72. The highest BCUT2D eigenvalue weighted by Gasteiger charge is 2.33. The first-order chi connectivity index (χ1) is 8.02. The van der Waals surface area contributed by atoms with E-state index >= 15 is 0 Å². The molecule has 0 aromatic rings. The van der Waals surface area contributed by atoms with Crippen molar-refractivity contribution in [2.45, 2.75) is 34.1 Å². The van der Waals surface area contributed by atoms with E-state index in [-0.39, 0.29) is 0 Å². The van der Waals surface area contributed by atoms with Gasteiger partial charge in [-0.1, -0.05) is 27.7 Å². The van der Waals surface area contributed by atoms with Crippen LogP contribution in [0, 0.1) is 23.7 Å². The lowest BCUT2D eigenvalue weighted by Gasteiger charge is -2.46. The van der Waals surface area contributed by atoms with Gasteiger partial charge in [0, 0.05) is 39.3 Å². The maximum atomic E-state index is 2.72. The average molecular weight is 238 g/mol. The second-order valence-corrected chi connectivity index (χ2v) is 7.19. The molecule has 0 aliphatic carbocycles. The number of hydrogen-bond donors (Lipinski definition) is 0. The van der Waals surface area contributed by atoms with E-state index in [0.29, 0.717) is 0 Å². The van der Waals surface area contributed by atoms with Crippen LogP contribution in [0.5, 0.6) is 0 Å². The maximum Gasteiger partial charge on any atom is 0.00222 e. The third-order valence-corrected chi connectivity index (χ3v) is 3.98. The number of hydrogen-bond acceptors (Lipinski definition) is 2. The highest BCUT2D eigenvalue weighted by Crippen LogP contribution is 2.29. The lowest BCUT2D eigenvalue weighted by Crippen LogP contribution is -2.53. The summed E-state index contributed by atoms with van der Waals surface area (Å²) in [5, 5.41) is 0. The van der Waals surface area contributed by atoms with E-state index in [1.165, 1.54) is 45.7 Å². The summed E-state index contributed by atoms with van der Waals surface area (Å²) in [7, 11) is 0. The lowest BCUT2D eigenvalue weighted by atomic mass is 9.84. The summed E-state index contributed by atoms with van der Waals surface area (Å²) >= 11 is 0. The van der Waals surface area contributed by atoms with E-state index in [0.717, 1.165) is 23.7 Å². The van der Waals surface area contributed by atoms with Crippen molar-refractivity contribution in [2.75, 3.05) is 39.3 Å². The third kappa shape index (κ3) is 3.96. The van der Waals surface area contributed by atoms with Gasteiger partial charge in [0.2, 0.25) is 0 Å². The smallest absolute Gasteiger partial charge is 0.00222 e. The van der Waals surface area contributed by atoms with Crippen molar-refractivity contribution in [1.82, 2.24) is 9.80 Å². The Morgan fingerprint density at radius 3 is 1.41 bits per heavy atom. The molecule has 2 nitrogen and oxygen atoms in total. The quantitative estimate of drug-likeness (QED) is 0.743. The van der Waals surface area contributed by atoms with Gasteiger partial charge in [-0.3, -0.25) is 0 Å². The summed E-state index contributed by atoms with van der Waals surface area (Å²) in [6.45, 7) is 17.4. The van der Waals surface area contributed by atoms with Gasteiger partial charge in [-0.15, -0.1) is 0 Å². The molecule has 0 aromatic heterocycles. The molecule has 2 aliphatic rings. The Morgan fingerprint density at radius 2 is 1.12 bits per heavy atom. The summed E-state index contributed by atoms with van der Waals surface area (Å²) in [5.41, 5.74) is 0. The Labute approximate surface area is 107 Å². The molecule has 2 fully saturated rings. The predicted octanol–water partition coefficient (Wildman–Crippen LogP) is 2.55. The minimum Gasteiger partial charge on any atom is -0.302 e. The molecule has 2 heterocycles. The molecule has 0 radical (unpaired) electrons. The van der Waals surface area contributed by atoms with Crippen molar-refractivity contribution < 1.29 is 0 Å². The van der Waals surface area contributed by atoms with E-state index in [9.17, 15) is 0 Å². The van der Waals surface area contributed by atoms with Crippen molar-refractivity contribution in [3.63, 3.8) is 0 Å². The Hall–Kier alpha value is -0.0800. The van der Waals surface area contributed by atoms with E-state index < -0.39 is 0 Å². The highest BCUT2D eigenvalue weighted by atomic mass is 15.2. The highest BCUT2D eigenvalue weighted by molar-refractivity contribution is 4.87. The molecule has 0 unspecified atom stereocenters. The Morgan fingerprint density at radius 1 is 0.765 bits per heavy atom. The van der Waals surface area contributed by atoms with E-state index in [2.05, 4.69) is 37.5 Å². The van der Waals surface area contributed by atoms with Gasteiger partial charge in [0.15, 0.2) is 0 Å². The molecule has 0 aromatic carbocycles. The lowest BCUT2D eigenvalue weighted by molar-refractivity contribution is 0.0220. The monoisotopic (exact) mass is 238 g/mol. The van der Waals surface area contributed by atoms with Gasteiger partial charge in [-0.2, -0.15) is 0 Å². The summed E-state index contributed by atoms with van der Waals surface area (Å²) in [4.78, 5) is 5.44. The molecular formula is C15H30N2. The van der Waals surface area contributed by atoms with E-state index in [4.69, 9.17) is 0 Å². The molecule has 2 heteroatoms. The molecule has 0 saturated carbocycles. The standard InChI is InChI=1S/C15H30N2/c1-12(2)6-16-8-14-5-15(9-16)11-17(10-14)7-13(3)4/h12-15H,5-11H2,1-4H3. The zero-order valence-electron chi connectivity index (χ0n) is 12.2. The molecule has 17 heavy (non-hydrogen) atoms. The SMILES string of the molecule is CC(C)CN1CC2CC(C1)CN(CC(C)C)C2. The minimum atomic E-state index is 0.820. The fraction of sp³-hybridized carbons (Fsp3) is 1.00. The van der Waals surface area contributed by atoms with Crippen molar-refractivity contribution in [3.05, 3.63) is 0 Å². The van der Waals surface area contributed by atoms with Gasteiger partial charge in [-0.25, -0.2) is 0 Å². The summed E-state index contributed by atoms with van der Waals surface area (Å²) in [6.07, 6.45) is 1.49. The van der Waals surface area contributed by atoms with Crippen LogP contribution >= 0.6 is 0 Å². The van der Waals surface area contributed by atoms with Crippen LogP contribution in [0.15, 0.2) is 0 Å². The molecule has 0 spiro atoms. The largest absolute Gasteiger partial charge is 0.302 e. The first kappa shape index (κ1) is 13.4. The fourth-order valence-electron chi connectivity index (χ4n) is 3.83. The van der Waals surface area contributed by atoms with Crippen LogP contribution in [0.3, 0.4) is 0 Å². The van der Waals surface area contributed by atoms with Gasteiger partial charge < -0.3 is 9.80 Å². The van der Waals surface area contributed by atoms with Gasteiger partial charge in [0.05, 0.1) is 0 Å². The zero-order valence-corrected chi connectivity index (χ0v) is 12.2. The van der Waals surface area contributed by atoms with E-state index in [1.807, 2.05) is 0 Å². The second-order valence-electron chi connectivity index (χ2n) is 7.19. The minimum absolute atomic E-state index is 0.820. The van der Waals surface area contributed by atoms with Crippen molar-refractivity contribution >= 4 is 0 Å². The Bertz CT molecular complexity index is 201. The predicted molar refractivity (Wildman–Crippen MR) is 74.2 cm³/mol.